The van der Waals surface area contributed by atoms with Gasteiger partial charge in [0, 0.05) is 32.2 Å². The third-order valence-electron chi connectivity index (χ3n) is 5.97. The van der Waals surface area contributed by atoms with E-state index in [0.29, 0.717) is 0 Å². The van der Waals surface area contributed by atoms with Crippen molar-refractivity contribution in [3.63, 3.8) is 0 Å². The third kappa shape index (κ3) is 2.68. The van der Waals surface area contributed by atoms with E-state index in [2.05, 4.69) is 21.9 Å². The van der Waals surface area contributed by atoms with E-state index in [9.17, 15) is 0 Å². The van der Waals surface area contributed by atoms with E-state index in [-0.39, 0.29) is 0 Å². The summed E-state index contributed by atoms with van der Waals surface area (Å²) in [4.78, 5) is 5.23. The molecule has 4 rings (SSSR count). The predicted molar refractivity (Wildman–Crippen MR) is 89.1 cm³/mol. The number of nitrogens with zero attached hydrogens (tertiary/aromatic N) is 2. The van der Waals surface area contributed by atoms with Crippen LogP contribution in [-0.2, 0) is 0 Å². The molecule has 2 nitrogen and oxygen atoms in total. The van der Waals surface area contributed by atoms with Gasteiger partial charge in [-0.1, -0.05) is 30.2 Å². The molecule has 3 fully saturated rings. The summed E-state index contributed by atoms with van der Waals surface area (Å²) >= 11 is 6.34. The Morgan fingerprint density at radius 1 is 0.905 bits per heavy atom. The van der Waals surface area contributed by atoms with Gasteiger partial charge in [0.1, 0.15) is 0 Å². The molecule has 1 heterocycles. The van der Waals surface area contributed by atoms with Gasteiger partial charge in [0.2, 0.25) is 0 Å². The second-order valence-electron chi connectivity index (χ2n) is 7.06. The zero-order valence-electron chi connectivity index (χ0n) is 12.7. The summed E-state index contributed by atoms with van der Waals surface area (Å²) in [7, 11) is 0. The number of benzene rings is 1. The van der Waals surface area contributed by atoms with Crippen LogP contribution in [0.3, 0.4) is 0 Å². The van der Waals surface area contributed by atoms with Crippen molar-refractivity contribution >= 4 is 17.3 Å². The third-order valence-corrected chi connectivity index (χ3v) is 6.29. The van der Waals surface area contributed by atoms with Crippen molar-refractivity contribution in [3.05, 3.63) is 29.3 Å². The molecule has 3 atom stereocenters. The van der Waals surface area contributed by atoms with Gasteiger partial charge in [0.05, 0.1) is 10.7 Å². The molecular weight excluding hydrogens is 280 g/mol. The smallest absolute Gasteiger partial charge is 0.0639 e. The average Bonchev–Trinajstić information content (AvgIpc) is 2.90. The topological polar surface area (TPSA) is 6.48 Å². The van der Waals surface area contributed by atoms with E-state index < -0.39 is 0 Å². The highest BCUT2D eigenvalue weighted by Gasteiger charge is 2.39. The van der Waals surface area contributed by atoms with Gasteiger partial charge in [-0.3, -0.25) is 4.90 Å². The fraction of sp³-hybridized carbons (Fsp3) is 0.667. The van der Waals surface area contributed by atoms with Crippen LogP contribution in [0.25, 0.3) is 0 Å². The Balaban J connectivity index is 1.39. The Morgan fingerprint density at radius 3 is 2.48 bits per heavy atom. The summed E-state index contributed by atoms with van der Waals surface area (Å²) in [6.07, 6.45) is 7.42. The summed E-state index contributed by atoms with van der Waals surface area (Å²) < 4.78 is 0. The van der Waals surface area contributed by atoms with E-state index in [0.717, 1.165) is 36.0 Å². The minimum absolute atomic E-state index is 0.872. The van der Waals surface area contributed by atoms with Crippen molar-refractivity contribution in [2.45, 2.75) is 38.1 Å². The summed E-state index contributed by atoms with van der Waals surface area (Å²) in [5, 5.41) is 0.891. The zero-order chi connectivity index (χ0) is 14.2. The van der Waals surface area contributed by atoms with Crippen LogP contribution in [0.1, 0.15) is 32.1 Å². The lowest BCUT2D eigenvalue weighted by atomic mass is 9.84. The standard InChI is InChI=1S/C18H25ClN2/c19-16-3-1-2-4-18(16)21-11-9-20(10-12-21)17-8-6-14-5-7-15(17)13-14/h1-4,14-15,17H,5-13H2/t14-,15+,17-/m1/s1. The number of rotatable bonds is 2. The molecule has 2 saturated carbocycles. The normalized spacial score (nSPS) is 33.4. The predicted octanol–water partition coefficient (Wildman–Crippen LogP) is 4.04. The van der Waals surface area contributed by atoms with Crippen LogP contribution < -0.4 is 4.90 Å². The van der Waals surface area contributed by atoms with E-state index in [1.807, 2.05) is 12.1 Å². The second-order valence-corrected chi connectivity index (χ2v) is 7.47. The van der Waals surface area contributed by atoms with E-state index >= 15 is 0 Å². The summed E-state index contributed by atoms with van der Waals surface area (Å²) in [5.74, 6) is 2.06. The maximum absolute atomic E-state index is 6.34. The largest absolute Gasteiger partial charge is 0.368 e. The minimum atomic E-state index is 0.872. The van der Waals surface area contributed by atoms with Gasteiger partial charge in [-0.05, 0) is 49.7 Å². The highest BCUT2D eigenvalue weighted by Crippen LogP contribution is 2.44. The molecule has 2 aliphatic carbocycles. The molecule has 1 aliphatic heterocycles. The number of halogens is 1. The lowest BCUT2D eigenvalue weighted by Crippen LogP contribution is -2.52. The number of anilines is 1. The number of hydrogen-bond acceptors (Lipinski definition) is 2. The lowest BCUT2D eigenvalue weighted by Gasteiger charge is -2.44. The van der Waals surface area contributed by atoms with Gasteiger partial charge in [0.15, 0.2) is 0 Å². The highest BCUT2D eigenvalue weighted by atomic mass is 35.5. The Kier molecular flexibility index (Phi) is 3.85. The summed E-state index contributed by atoms with van der Waals surface area (Å²) in [6.45, 7) is 4.65. The first kappa shape index (κ1) is 13.9. The van der Waals surface area contributed by atoms with Crippen molar-refractivity contribution in [2.24, 2.45) is 11.8 Å². The Hall–Kier alpha value is -0.730. The molecule has 0 amide bonds. The molecule has 0 aromatic heterocycles. The van der Waals surface area contributed by atoms with Crippen molar-refractivity contribution in [1.29, 1.82) is 0 Å². The van der Waals surface area contributed by atoms with Gasteiger partial charge in [-0.2, -0.15) is 0 Å². The molecule has 0 spiro atoms. The Labute approximate surface area is 133 Å². The zero-order valence-corrected chi connectivity index (χ0v) is 13.4. The Morgan fingerprint density at radius 2 is 1.67 bits per heavy atom. The van der Waals surface area contributed by atoms with E-state index in [4.69, 9.17) is 11.6 Å². The number of piperazine rings is 1. The molecule has 3 aliphatic rings. The maximum atomic E-state index is 6.34. The average molecular weight is 305 g/mol. The van der Waals surface area contributed by atoms with E-state index in [1.165, 1.54) is 50.9 Å². The van der Waals surface area contributed by atoms with Crippen LogP contribution in [0.2, 0.25) is 5.02 Å². The first-order chi connectivity index (χ1) is 10.3. The molecule has 1 aromatic carbocycles. The SMILES string of the molecule is Clc1ccccc1N1CCN([C@@H]2CC[C@H]3CC[C@H]2C3)CC1. The minimum Gasteiger partial charge on any atom is -0.368 e. The van der Waals surface area contributed by atoms with Crippen molar-refractivity contribution in [1.82, 2.24) is 4.90 Å². The molecule has 3 heteroatoms. The van der Waals surface area contributed by atoms with Crippen molar-refractivity contribution in [3.8, 4) is 0 Å². The molecule has 1 saturated heterocycles. The van der Waals surface area contributed by atoms with Gasteiger partial charge in [0.25, 0.3) is 0 Å². The fourth-order valence-electron chi connectivity index (χ4n) is 4.85. The van der Waals surface area contributed by atoms with E-state index in [1.54, 1.807) is 0 Å². The lowest BCUT2D eigenvalue weighted by molar-refractivity contribution is 0.103. The van der Waals surface area contributed by atoms with Crippen LogP contribution in [0, 0.1) is 11.8 Å². The maximum Gasteiger partial charge on any atom is 0.0639 e. The molecule has 114 valence electrons. The monoisotopic (exact) mass is 304 g/mol. The van der Waals surface area contributed by atoms with Gasteiger partial charge in [-0.15, -0.1) is 0 Å². The van der Waals surface area contributed by atoms with Crippen LogP contribution >= 0.6 is 11.6 Å². The number of fused-ring (bicyclic) bond motifs is 2. The first-order valence-electron chi connectivity index (χ1n) is 8.55. The van der Waals surface area contributed by atoms with Crippen LogP contribution in [-0.4, -0.2) is 37.1 Å². The molecule has 0 radical (unpaired) electrons. The summed E-state index contributed by atoms with van der Waals surface area (Å²) in [5.41, 5.74) is 1.21. The van der Waals surface area contributed by atoms with Crippen molar-refractivity contribution in [2.75, 3.05) is 31.1 Å². The fourth-order valence-corrected chi connectivity index (χ4v) is 5.11. The van der Waals surface area contributed by atoms with Crippen LogP contribution in [0.15, 0.2) is 24.3 Å². The molecule has 0 N–H and O–H groups in total. The molecule has 1 aromatic rings. The van der Waals surface area contributed by atoms with Gasteiger partial charge in [-0.25, -0.2) is 0 Å². The van der Waals surface area contributed by atoms with Gasteiger partial charge >= 0.3 is 0 Å². The number of hydrogen-bond donors (Lipinski definition) is 0. The first-order valence-corrected chi connectivity index (χ1v) is 8.92. The van der Waals surface area contributed by atoms with Crippen molar-refractivity contribution < 1.29 is 0 Å². The highest BCUT2D eigenvalue weighted by molar-refractivity contribution is 6.33. The molecular formula is C18H25ClN2. The number of para-hydroxylation sites is 1. The molecule has 2 bridgehead atoms. The second kappa shape index (κ2) is 5.81. The molecule has 21 heavy (non-hydrogen) atoms. The van der Waals surface area contributed by atoms with Crippen LogP contribution in [0.5, 0.6) is 0 Å². The quantitative estimate of drug-likeness (QED) is 0.813. The van der Waals surface area contributed by atoms with Gasteiger partial charge < -0.3 is 4.90 Å². The van der Waals surface area contributed by atoms with Crippen LogP contribution in [0.4, 0.5) is 5.69 Å². The Bertz CT molecular complexity index is 496. The summed E-state index contributed by atoms with van der Waals surface area (Å²) in [6, 6.07) is 9.13. The molecule has 0 unspecified atom stereocenters.